The number of aromatic amines is 1. The Labute approximate surface area is 293 Å². The van der Waals surface area contributed by atoms with Crippen LogP contribution in [-0.4, -0.2) is 69.4 Å². The topological polar surface area (TPSA) is 169 Å². The van der Waals surface area contributed by atoms with Gasteiger partial charge in [-0.1, -0.05) is 30.3 Å². The number of hydrogen-bond donors (Lipinski definition) is 6. The van der Waals surface area contributed by atoms with Gasteiger partial charge in [0.1, 0.15) is 16.9 Å². The number of aryl methyl sites for hydroxylation is 1. The molecule has 0 radical (unpaired) electrons. The molecular formula is C37H40N6O6S. The summed E-state index contributed by atoms with van der Waals surface area (Å²) in [5.41, 5.74) is 4.70. The number of aromatic nitrogens is 2. The van der Waals surface area contributed by atoms with Crippen molar-refractivity contribution in [2.75, 3.05) is 36.8 Å². The molecule has 3 heterocycles. The maximum absolute atomic E-state index is 12.7. The number of likely N-dealkylation sites (tertiary alicyclic amines) is 1. The maximum Gasteiger partial charge on any atom is 0.411 e. The largest absolute Gasteiger partial charge is 0.506 e. The zero-order valence-corrected chi connectivity index (χ0v) is 28.5. The van der Waals surface area contributed by atoms with Crippen molar-refractivity contribution >= 4 is 45.6 Å². The number of phenols is 1. The van der Waals surface area contributed by atoms with Gasteiger partial charge in [0.25, 0.3) is 0 Å². The standard InChI is InChI=1S/C37H40N6O6S/c1-23-22-50-36(39-23)29-4-2-3-5-30(29)41-37(48)49-26-14-17-43(18-15-26)19-16-34(47)40-25-8-6-24(7-9-25)20-38-21-32(45)27-10-12-31(44)35-28(27)11-13-33(46)42-35/h2-13,22,26,32,38,44-45H,14-21H2,1H3,(H,40,47)(H,41,48)(H,42,46)/t32-/m1/s1. The summed E-state index contributed by atoms with van der Waals surface area (Å²) < 4.78 is 5.72. The number of H-pyrrole nitrogens is 1. The van der Waals surface area contributed by atoms with Gasteiger partial charge in [0, 0.05) is 72.9 Å². The van der Waals surface area contributed by atoms with Crippen LogP contribution in [0.1, 0.15) is 42.2 Å². The van der Waals surface area contributed by atoms with Crippen molar-refractivity contribution in [2.24, 2.45) is 0 Å². The van der Waals surface area contributed by atoms with E-state index < -0.39 is 12.2 Å². The molecule has 50 heavy (non-hydrogen) atoms. The van der Waals surface area contributed by atoms with Crippen molar-refractivity contribution in [1.29, 1.82) is 0 Å². The van der Waals surface area contributed by atoms with Crippen LogP contribution in [0.25, 0.3) is 21.5 Å². The zero-order chi connectivity index (χ0) is 35.0. The number of nitrogens with one attached hydrogen (secondary N) is 4. The van der Waals surface area contributed by atoms with E-state index in [9.17, 15) is 24.6 Å². The molecule has 1 saturated heterocycles. The molecule has 2 aromatic heterocycles. The molecule has 13 heteroatoms. The van der Waals surface area contributed by atoms with Crippen LogP contribution in [0.3, 0.4) is 0 Å². The molecule has 12 nitrogen and oxygen atoms in total. The number of benzene rings is 3. The molecule has 6 rings (SSSR count). The van der Waals surface area contributed by atoms with Crippen molar-refractivity contribution in [2.45, 2.75) is 44.9 Å². The molecule has 0 aliphatic carbocycles. The van der Waals surface area contributed by atoms with Gasteiger partial charge in [-0.2, -0.15) is 0 Å². The Hall–Kier alpha value is -5.08. The van der Waals surface area contributed by atoms with Gasteiger partial charge in [-0.3, -0.25) is 14.9 Å². The monoisotopic (exact) mass is 696 g/mol. The fraction of sp³-hybridized carbons (Fsp3) is 0.297. The highest BCUT2D eigenvalue weighted by Crippen LogP contribution is 2.31. The van der Waals surface area contributed by atoms with E-state index >= 15 is 0 Å². The number of piperidine rings is 1. The van der Waals surface area contributed by atoms with Gasteiger partial charge >= 0.3 is 6.09 Å². The van der Waals surface area contributed by atoms with Crippen molar-refractivity contribution in [3.8, 4) is 16.3 Å². The molecule has 2 amide bonds. The molecule has 260 valence electrons. The van der Waals surface area contributed by atoms with E-state index in [1.807, 2.05) is 60.8 Å². The van der Waals surface area contributed by atoms with Gasteiger partial charge in [-0.05, 0) is 67.3 Å². The summed E-state index contributed by atoms with van der Waals surface area (Å²) in [7, 11) is 0. The minimum absolute atomic E-state index is 0.0524. The number of rotatable bonds is 12. The highest BCUT2D eigenvalue weighted by Gasteiger charge is 2.23. The second kappa shape index (κ2) is 16.1. The highest BCUT2D eigenvalue weighted by molar-refractivity contribution is 7.13. The molecule has 1 fully saturated rings. The number of amides is 2. The lowest BCUT2D eigenvalue weighted by Crippen LogP contribution is -2.39. The summed E-state index contributed by atoms with van der Waals surface area (Å²) in [5, 5.41) is 33.3. The molecule has 3 aromatic carbocycles. The first kappa shape index (κ1) is 34.8. The number of carbonyl (C=O) groups is 2. The Kier molecular flexibility index (Phi) is 11.2. The van der Waals surface area contributed by atoms with Crippen LogP contribution < -0.4 is 21.5 Å². The quantitative estimate of drug-likeness (QED) is 0.0983. The first-order valence-electron chi connectivity index (χ1n) is 16.6. The normalized spacial score (nSPS) is 14.4. The number of nitrogens with zero attached hydrogens (tertiary/aromatic N) is 2. The van der Waals surface area contributed by atoms with Gasteiger partial charge < -0.3 is 35.5 Å². The number of pyridine rings is 1. The number of ether oxygens (including phenoxy) is 1. The zero-order valence-electron chi connectivity index (χ0n) is 27.6. The predicted molar refractivity (Wildman–Crippen MR) is 194 cm³/mol. The number of aliphatic hydroxyl groups is 1. The average Bonchev–Trinajstić information content (AvgIpc) is 3.55. The SMILES string of the molecule is Cc1csc(-c2ccccc2NC(=O)OC2CCN(CCC(=O)Nc3ccc(CNC[C@@H](O)c4ccc(O)c5[nH]c(=O)ccc45)cc3)CC2)n1. The molecule has 1 aliphatic rings. The van der Waals surface area contributed by atoms with E-state index in [2.05, 4.69) is 30.8 Å². The van der Waals surface area contributed by atoms with E-state index in [-0.39, 0.29) is 29.9 Å². The molecule has 1 aliphatic heterocycles. The summed E-state index contributed by atoms with van der Waals surface area (Å²) in [6.07, 6.45) is 0.214. The van der Waals surface area contributed by atoms with Crippen LogP contribution in [0.15, 0.2) is 83.0 Å². The summed E-state index contributed by atoms with van der Waals surface area (Å²) >= 11 is 1.53. The Balaban J connectivity index is 0.885. The van der Waals surface area contributed by atoms with Gasteiger partial charge in [-0.15, -0.1) is 11.3 Å². The smallest absolute Gasteiger partial charge is 0.411 e. The van der Waals surface area contributed by atoms with Gasteiger partial charge in [0.15, 0.2) is 0 Å². The van der Waals surface area contributed by atoms with Crippen LogP contribution in [0.2, 0.25) is 0 Å². The summed E-state index contributed by atoms with van der Waals surface area (Å²) in [6, 6.07) is 21.1. The Morgan fingerprint density at radius 1 is 1.04 bits per heavy atom. The molecule has 5 aromatic rings. The number of anilines is 2. The molecule has 1 atom stereocenters. The van der Waals surface area contributed by atoms with E-state index in [4.69, 9.17) is 4.74 Å². The summed E-state index contributed by atoms with van der Waals surface area (Å²) in [4.78, 5) is 46.4. The van der Waals surface area contributed by atoms with Crippen molar-refractivity contribution in [3.63, 3.8) is 0 Å². The lowest BCUT2D eigenvalue weighted by Gasteiger charge is -2.31. The number of thiazole rings is 1. The second-order valence-corrected chi connectivity index (χ2v) is 13.2. The summed E-state index contributed by atoms with van der Waals surface area (Å²) in [6.45, 7) is 4.78. The fourth-order valence-corrected chi connectivity index (χ4v) is 6.84. The highest BCUT2D eigenvalue weighted by atomic mass is 32.1. The van der Waals surface area contributed by atoms with Crippen molar-refractivity contribution in [1.82, 2.24) is 20.2 Å². The minimum Gasteiger partial charge on any atom is -0.506 e. The van der Waals surface area contributed by atoms with Crippen LogP contribution in [0.5, 0.6) is 5.75 Å². The first-order chi connectivity index (χ1) is 24.2. The number of fused-ring (bicyclic) bond motifs is 1. The fourth-order valence-electron chi connectivity index (χ4n) is 6.00. The van der Waals surface area contributed by atoms with E-state index in [0.29, 0.717) is 60.2 Å². The number of hydrogen-bond acceptors (Lipinski definition) is 10. The van der Waals surface area contributed by atoms with Crippen LogP contribution in [0.4, 0.5) is 16.2 Å². The molecule has 0 bridgehead atoms. The number of aliphatic hydroxyl groups excluding tert-OH is 1. The van der Waals surface area contributed by atoms with Crippen LogP contribution >= 0.6 is 11.3 Å². The number of carbonyl (C=O) groups excluding carboxylic acids is 2. The Bertz CT molecular complexity index is 2000. The van der Waals surface area contributed by atoms with E-state index in [1.54, 1.807) is 12.1 Å². The summed E-state index contributed by atoms with van der Waals surface area (Å²) in [5.74, 6) is -0.128. The third kappa shape index (κ3) is 8.93. The van der Waals surface area contributed by atoms with E-state index in [0.717, 1.165) is 34.9 Å². The lowest BCUT2D eigenvalue weighted by atomic mass is 10.0. The molecule has 6 N–H and O–H groups in total. The van der Waals surface area contributed by atoms with E-state index in [1.165, 1.54) is 23.5 Å². The minimum atomic E-state index is -0.854. The molecule has 0 spiro atoms. The average molecular weight is 697 g/mol. The number of phenolic OH excluding ortho intramolecular Hbond substituents is 1. The van der Waals surface area contributed by atoms with Crippen molar-refractivity contribution < 1.29 is 24.5 Å². The number of aromatic hydroxyl groups is 1. The molecular weight excluding hydrogens is 657 g/mol. The molecule has 0 unspecified atom stereocenters. The second-order valence-electron chi connectivity index (χ2n) is 12.3. The Morgan fingerprint density at radius 3 is 2.58 bits per heavy atom. The first-order valence-corrected chi connectivity index (χ1v) is 17.4. The van der Waals surface area contributed by atoms with Crippen molar-refractivity contribution in [3.05, 3.63) is 105 Å². The molecule has 0 saturated carbocycles. The third-order valence-corrected chi connectivity index (χ3v) is 9.64. The van der Waals surface area contributed by atoms with Gasteiger partial charge in [-0.25, -0.2) is 9.78 Å². The van der Waals surface area contributed by atoms with Crippen LogP contribution in [-0.2, 0) is 16.1 Å². The predicted octanol–water partition coefficient (Wildman–Crippen LogP) is 5.53. The van der Waals surface area contributed by atoms with Crippen LogP contribution in [0, 0.1) is 6.92 Å². The number of para-hydroxylation sites is 1. The maximum atomic E-state index is 12.7. The third-order valence-electron chi connectivity index (χ3n) is 8.65. The Morgan fingerprint density at radius 2 is 1.82 bits per heavy atom. The van der Waals surface area contributed by atoms with Gasteiger partial charge in [0.2, 0.25) is 11.5 Å². The lowest BCUT2D eigenvalue weighted by molar-refractivity contribution is -0.116. The van der Waals surface area contributed by atoms with Gasteiger partial charge in [0.05, 0.1) is 17.3 Å².